The van der Waals surface area contributed by atoms with Crippen molar-refractivity contribution in [2.24, 2.45) is 5.73 Å². The Labute approximate surface area is 105 Å². The average molecular weight is 245 g/mol. The summed E-state index contributed by atoms with van der Waals surface area (Å²) < 4.78 is 0. The van der Waals surface area contributed by atoms with E-state index in [1.807, 2.05) is 42.6 Å². The summed E-state index contributed by atoms with van der Waals surface area (Å²) in [5.74, 6) is 0.179. The normalized spacial score (nSPS) is 10.5. The van der Waals surface area contributed by atoms with Crippen molar-refractivity contribution >= 4 is 17.1 Å². The van der Waals surface area contributed by atoms with E-state index < -0.39 is 0 Å². The number of carbonyl (C=O) groups excluding carboxylic acids is 1. The highest BCUT2D eigenvalue weighted by Gasteiger charge is 2.12. The molecule has 0 atom stereocenters. The van der Waals surface area contributed by atoms with Gasteiger partial charge in [0.2, 0.25) is 0 Å². The third kappa shape index (κ3) is 2.62. The van der Waals surface area contributed by atoms with Gasteiger partial charge in [0.25, 0.3) is 0 Å². The molecule has 0 saturated heterocycles. The number of ketones is 1. The zero-order valence-corrected chi connectivity index (χ0v) is 10.6. The lowest BCUT2D eigenvalue weighted by atomic mass is 10.0. The van der Waals surface area contributed by atoms with E-state index in [1.165, 1.54) is 11.3 Å². The maximum Gasteiger partial charge on any atom is 0.177 e. The SMILES string of the molecule is Cc1ccsc1C(=O)Cc1ccccc1CN. The molecule has 0 aliphatic heterocycles. The number of hydrogen-bond donors (Lipinski definition) is 1. The van der Waals surface area contributed by atoms with Gasteiger partial charge in [-0.2, -0.15) is 0 Å². The summed E-state index contributed by atoms with van der Waals surface area (Å²) in [5, 5.41) is 1.96. The first-order chi connectivity index (χ1) is 8.22. The number of benzene rings is 1. The molecule has 0 saturated carbocycles. The fourth-order valence-electron chi connectivity index (χ4n) is 1.84. The van der Waals surface area contributed by atoms with Crippen LogP contribution in [0.2, 0.25) is 0 Å². The molecule has 0 aliphatic carbocycles. The molecule has 1 heterocycles. The van der Waals surface area contributed by atoms with Crippen molar-refractivity contribution in [3.8, 4) is 0 Å². The summed E-state index contributed by atoms with van der Waals surface area (Å²) in [6, 6.07) is 9.83. The van der Waals surface area contributed by atoms with Gasteiger partial charge in [0.1, 0.15) is 0 Å². The molecule has 0 unspecified atom stereocenters. The molecule has 0 radical (unpaired) electrons. The van der Waals surface area contributed by atoms with Crippen LogP contribution in [0.15, 0.2) is 35.7 Å². The summed E-state index contributed by atoms with van der Waals surface area (Å²) in [7, 11) is 0. The molecule has 0 amide bonds. The highest BCUT2D eigenvalue weighted by Crippen LogP contribution is 2.19. The molecule has 1 aromatic heterocycles. The molecule has 2 aromatic rings. The molecule has 2 nitrogen and oxygen atoms in total. The van der Waals surface area contributed by atoms with E-state index in [9.17, 15) is 4.79 Å². The van der Waals surface area contributed by atoms with Gasteiger partial charge in [0.05, 0.1) is 4.88 Å². The molecule has 0 fully saturated rings. The zero-order chi connectivity index (χ0) is 12.3. The Kier molecular flexibility index (Phi) is 3.71. The van der Waals surface area contributed by atoms with E-state index >= 15 is 0 Å². The Morgan fingerprint density at radius 1 is 1.24 bits per heavy atom. The zero-order valence-electron chi connectivity index (χ0n) is 9.77. The Balaban J connectivity index is 2.22. The first kappa shape index (κ1) is 12.0. The Bertz CT molecular complexity index is 531. The minimum Gasteiger partial charge on any atom is -0.326 e. The van der Waals surface area contributed by atoms with Crippen LogP contribution >= 0.6 is 11.3 Å². The largest absolute Gasteiger partial charge is 0.326 e. The summed E-state index contributed by atoms with van der Waals surface area (Å²) >= 11 is 1.51. The van der Waals surface area contributed by atoms with Gasteiger partial charge in [-0.25, -0.2) is 0 Å². The van der Waals surface area contributed by atoms with Gasteiger partial charge in [-0.1, -0.05) is 24.3 Å². The standard InChI is InChI=1S/C14H15NOS/c1-10-6-7-17-14(10)13(16)8-11-4-2-3-5-12(11)9-15/h2-7H,8-9,15H2,1H3. The summed E-state index contributed by atoms with van der Waals surface area (Å²) in [4.78, 5) is 13.0. The highest BCUT2D eigenvalue weighted by molar-refractivity contribution is 7.12. The monoisotopic (exact) mass is 245 g/mol. The lowest BCUT2D eigenvalue weighted by Gasteiger charge is -2.06. The maximum absolute atomic E-state index is 12.1. The van der Waals surface area contributed by atoms with Crippen molar-refractivity contribution in [1.29, 1.82) is 0 Å². The molecule has 0 bridgehead atoms. The second-order valence-electron chi connectivity index (χ2n) is 4.01. The van der Waals surface area contributed by atoms with Crippen LogP contribution in [0.3, 0.4) is 0 Å². The number of hydrogen-bond acceptors (Lipinski definition) is 3. The predicted molar refractivity (Wildman–Crippen MR) is 71.4 cm³/mol. The minimum atomic E-state index is 0.179. The first-order valence-corrected chi connectivity index (χ1v) is 6.44. The molecule has 3 heteroatoms. The Morgan fingerprint density at radius 3 is 2.53 bits per heavy atom. The summed E-state index contributed by atoms with van der Waals surface area (Å²) in [6.07, 6.45) is 0.439. The van der Waals surface area contributed by atoms with Crippen molar-refractivity contribution in [1.82, 2.24) is 0 Å². The highest BCUT2D eigenvalue weighted by atomic mass is 32.1. The van der Waals surface area contributed by atoms with E-state index in [1.54, 1.807) is 0 Å². The lowest BCUT2D eigenvalue weighted by Crippen LogP contribution is -2.07. The molecule has 0 aliphatic rings. The first-order valence-electron chi connectivity index (χ1n) is 5.56. The van der Waals surface area contributed by atoms with Crippen molar-refractivity contribution in [3.63, 3.8) is 0 Å². The quantitative estimate of drug-likeness (QED) is 0.842. The smallest absolute Gasteiger partial charge is 0.177 e. The topological polar surface area (TPSA) is 43.1 Å². The van der Waals surface area contributed by atoms with Gasteiger partial charge < -0.3 is 5.73 Å². The Morgan fingerprint density at radius 2 is 1.94 bits per heavy atom. The van der Waals surface area contributed by atoms with Gasteiger partial charge in [0, 0.05) is 13.0 Å². The molecule has 2 rings (SSSR count). The molecule has 2 N–H and O–H groups in total. The van der Waals surface area contributed by atoms with Gasteiger partial charge >= 0.3 is 0 Å². The molecular weight excluding hydrogens is 230 g/mol. The fraction of sp³-hybridized carbons (Fsp3) is 0.214. The van der Waals surface area contributed by atoms with Crippen LogP contribution in [0.4, 0.5) is 0 Å². The number of aryl methyl sites for hydroxylation is 1. The van der Waals surface area contributed by atoms with Crippen molar-refractivity contribution < 1.29 is 4.79 Å². The van der Waals surface area contributed by atoms with Gasteiger partial charge in [-0.15, -0.1) is 11.3 Å². The average Bonchev–Trinajstić information content (AvgIpc) is 2.76. The third-order valence-electron chi connectivity index (χ3n) is 2.80. The van der Waals surface area contributed by atoms with Crippen LogP contribution in [0.5, 0.6) is 0 Å². The number of thiophene rings is 1. The van der Waals surface area contributed by atoms with E-state index in [0.717, 1.165) is 21.6 Å². The fourth-order valence-corrected chi connectivity index (χ4v) is 2.71. The lowest BCUT2D eigenvalue weighted by molar-refractivity contribution is 0.0996. The minimum absolute atomic E-state index is 0.179. The van der Waals surface area contributed by atoms with Crippen LogP contribution in [0.25, 0.3) is 0 Å². The van der Waals surface area contributed by atoms with Crippen LogP contribution in [0.1, 0.15) is 26.4 Å². The number of nitrogens with two attached hydrogens (primary N) is 1. The van der Waals surface area contributed by atoms with Gasteiger partial charge in [-0.05, 0) is 35.1 Å². The van der Waals surface area contributed by atoms with Crippen molar-refractivity contribution in [2.45, 2.75) is 19.9 Å². The van der Waals surface area contributed by atoms with Crippen molar-refractivity contribution in [2.75, 3.05) is 0 Å². The molecular formula is C14H15NOS. The molecule has 88 valence electrons. The van der Waals surface area contributed by atoms with Gasteiger partial charge in [-0.3, -0.25) is 4.79 Å². The van der Waals surface area contributed by atoms with E-state index in [-0.39, 0.29) is 5.78 Å². The number of carbonyl (C=O) groups is 1. The third-order valence-corrected chi connectivity index (χ3v) is 3.86. The number of rotatable bonds is 4. The van der Waals surface area contributed by atoms with Crippen molar-refractivity contribution in [3.05, 3.63) is 57.3 Å². The van der Waals surface area contributed by atoms with Crippen LogP contribution in [-0.2, 0) is 13.0 Å². The summed E-state index contributed by atoms with van der Waals surface area (Å²) in [5.41, 5.74) is 8.81. The maximum atomic E-state index is 12.1. The molecule has 0 spiro atoms. The van der Waals surface area contributed by atoms with E-state index in [2.05, 4.69) is 0 Å². The second-order valence-corrected chi connectivity index (χ2v) is 4.92. The van der Waals surface area contributed by atoms with Crippen LogP contribution < -0.4 is 5.73 Å². The molecule has 1 aromatic carbocycles. The number of Topliss-reactive ketones (excluding diaryl/α,β-unsaturated/α-hetero) is 1. The van der Waals surface area contributed by atoms with Gasteiger partial charge in [0.15, 0.2) is 5.78 Å². The van der Waals surface area contributed by atoms with E-state index in [0.29, 0.717) is 13.0 Å². The summed E-state index contributed by atoms with van der Waals surface area (Å²) in [6.45, 7) is 2.45. The van der Waals surface area contributed by atoms with E-state index in [4.69, 9.17) is 5.73 Å². The van der Waals surface area contributed by atoms with Crippen LogP contribution in [-0.4, -0.2) is 5.78 Å². The van der Waals surface area contributed by atoms with Crippen LogP contribution in [0, 0.1) is 6.92 Å². The Hall–Kier alpha value is -1.45. The predicted octanol–water partition coefficient (Wildman–Crippen LogP) is 2.94. The molecule has 17 heavy (non-hydrogen) atoms. The second kappa shape index (κ2) is 5.25.